The van der Waals surface area contributed by atoms with Gasteiger partial charge in [0.25, 0.3) is 5.91 Å². The fourth-order valence-electron chi connectivity index (χ4n) is 3.17. The maximum Gasteiger partial charge on any atom is 0.266 e. The topological polar surface area (TPSA) is 71.3 Å². The number of rotatable bonds is 8. The van der Waals surface area contributed by atoms with Gasteiger partial charge in [-0.3, -0.25) is 4.79 Å². The molecule has 1 N–H and O–H groups in total. The monoisotopic (exact) mass is 478 g/mol. The van der Waals surface area contributed by atoms with Crippen molar-refractivity contribution in [1.29, 1.82) is 5.26 Å². The molecule has 5 nitrogen and oxygen atoms in total. The maximum absolute atomic E-state index is 13.1. The molecule has 0 aliphatic carbocycles. The van der Waals surface area contributed by atoms with Gasteiger partial charge in [-0.2, -0.15) is 5.26 Å². The number of carbonyl (C=O) groups excluding carboxylic acids is 1. The van der Waals surface area contributed by atoms with Gasteiger partial charge in [0.1, 0.15) is 24.1 Å². The van der Waals surface area contributed by atoms with Gasteiger partial charge in [-0.1, -0.05) is 29.8 Å². The number of benzene rings is 3. The Bertz CT molecular complexity index is 1260. The highest BCUT2D eigenvalue weighted by molar-refractivity contribution is 6.32. The van der Waals surface area contributed by atoms with Crippen molar-refractivity contribution in [3.63, 3.8) is 0 Å². The number of anilines is 1. The van der Waals surface area contributed by atoms with Crippen LogP contribution in [0.15, 0.2) is 60.2 Å². The summed E-state index contributed by atoms with van der Waals surface area (Å²) in [5, 5.41) is 12.4. The van der Waals surface area contributed by atoms with E-state index in [2.05, 4.69) is 11.4 Å². The van der Waals surface area contributed by atoms with E-state index in [1.807, 2.05) is 39.0 Å². The zero-order chi connectivity index (χ0) is 24.7. The molecule has 0 unspecified atom stereocenters. The Balaban J connectivity index is 1.84. The van der Waals surface area contributed by atoms with Gasteiger partial charge < -0.3 is 14.8 Å². The molecule has 0 saturated carbocycles. The first-order chi connectivity index (χ1) is 16.3. The fourth-order valence-corrected chi connectivity index (χ4v) is 3.44. The van der Waals surface area contributed by atoms with E-state index in [4.69, 9.17) is 21.1 Å². The Morgan fingerprint density at radius 1 is 1.09 bits per heavy atom. The molecule has 0 aromatic heterocycles. The molecule has 0 saturated heterocycles. The second-order valence-electron chi connectivity index (χ2n) is 7.60. The second kappa shape index (κ2) is 11.4. The van der Waals surface area contributed by atoms with Gasteiger partial charge >= 0.3 is 0 Å². The number of nitrogens with zero attached hydrogens (tertiary/aromatic N) is 1. The van der Waals surface area contributed by atoms with Crippen LogP contribution in [0.2, 0.25) is 5.02 Å². The summed E-state index contributed by atoms with van der Waals surface area (Å²) in [5.74, 6) is -0.264. The molecule has 174 valence electrons. The number of nitriles is 1. The van der Waals surface area contributed by atoms with Crippen molar-refractivity contribution >= 4 is 29.3 Å². The van der Waals surface area contributed by atoms with E-state index in [9.17, 15) is 14.4 Å². The Morgan fingerprint density at radius 2 is 1.82 bits per heavy atom. The van der Waals surface area contributed by atoms with Crippen molar-refractivity contribution in [2.75, 3.05) is 11.9 Å². The predicted octanol–water partition coefficient (Wildman–Crippen LogP) is 6.62. The molecule has 0 radical (unpaired) electrons. The lowest BCUT2D eigenvalue weighted by atomic mass is 10.1. The highest BCUT2D eigenvalue weighted by atomic mass is 35.5. The summed E-state index contributed by atoms with van der Waals surface area (Å²) in [7, 11) is 0. The van der Waals surface area contributed by atoms with E-state index in [1.54, 1.807) is 12.1 Å². The summed E-state index contributed by atoms with van der Waals surface area (Å²) in [6.07, 6.45) is 1.40. The SMILES string of the molecule is CCOc1cc(/C=C(\C#N)C(=O)Nc2ccc(F)cc2)cc(Cl)c1OCc1ccc(C)c(C)c1. The highest BCUT2D eigenvalue weighted by Crippen LogP contribution is 2.38. The van der Waals surface area contributed by atoms with Crippen LogP contribution in [0, 0.1) is 31.0 Å². The van der Waals surface area contributed by atoms with Crippen molar-refractivity contribution in [1.82, 2.24) is 0 Å². The predicted molar refractivity (Wildman–Crippen MR) is 131 cm³/mol. The van der Waals surface area contributed by atoms with Crippen molar-refractivity contribution in [2.24, 2.45) is 0 Å². The molecule has 3 rings (SSSR count). The van der Waals surface area contributed by atoms with Crippen molar-refractivity contribution < 1.29 is 18.7 Å². The molecule has 0 bridgehead atoms. The van der Waals surface area contributed by atoms with Gasteiger partial charge in [0, 0.05) is 5.69 Å². The second-order valence-corrected chi connectivity index (χ2v) is 8.01. The molecule has 3 aromatic rings. The average molecular weight is 479 g/mol. The first kappa shape index (κ1) is 24.8. The van der Waals surface area contributed by atoms with Crippen molar-refractivity contribution in [3.8, 4) is 17.6 Å². The van der Waals surface area contributed by atoms with E-state index < -0.39 is 11.7 Å². The minimum absolute atomic E-state index is 0.147. The lowest BCUT2D eigenvalue weighted by Gasteiger charge is -2.15. The number of hydrogen-bond donors (Lipinski definition) is 1. The third-order valence-corrected chi connectivity index (χ3v) is 5.35. The average Bonchev–Trinajstić information content (AvgIpc) is 2.80. The standard InChI is InChI=1S/C27H24ClFN2O3/c1-4-33-25-14-20(12-21(15-30)27(32)31-23-9-7-22(29)8-10-23)13-24(28)26(25)34-16-19-6-5-17(2)18(3)11-19/h5-14H,4,16H2,1-3H3,(H,31,32)/b21-12+. The highest BCUT2D eigenvalue weighted by Gasteiger charge is 2.15. The van der Waals surface area contributed by atoms with Crippen LogP contribution in [0.25, 0.3) is 6.08 Å². The molecule has 34 heavy (non-hydrogen) atoms. The lowest BCUT2D eigenvalue weighted by molar-refractivity contribution is -0.112. The molecule has 0 aliphatic rings. The van der Waals surface area contributed by atoms with Crippen LogP contribution >= 0.6 is 11.6 Å². The fraction of sp³-hybridized carbons (Fsp3) is 0.185. The Kier molecular flexibility index (Phi) is 8.29. The number of amides is 1. The zero-order valence-corrected chi connectivity index (χ0v) is 19.9. The van der Waals surface area contributed by atoms with E-state index >= 15 is 0 Å². The van der Waals surface area contributed by atoms with E-state index in [-0.39, 0.29) is 10.6 Å². The van der Waals surface area contributed by atoms with Crippen LogP contribution in [0.1, 0.15) is 29.2 Å². The molecule has 0 aliphatic heterocycles. The van der Waals surface area contributed by atoms with Gasteiger partial charge in [0.15, 0.2) is 11.5 Å². The number of ether oxygens (including phenoxy) is 2. The summed E-state index contributed by atoms with van der Waals surface area (Å²) in [5.41, 5.74) is 4.08. The largest absolute Gasteiger partial charge is 0.490 e. The summed E-state index contributed by atoms with van der Waals surface area (Å²) in [6.45, 7) is 6.60. The number of hydrogen-bond acceptors (Lipinski definition) is 4. The normalized spacial score (nSPS) is 11.0. The molecule has 1 amide bonds. The summed E-state index contributed by atoms with van der Waals surface area (Å²) >= 11 is 6.49. The third-order valence-electron chi connectivity index (χ3n) is 5.06. The summed E-state index contributed by atoms with van der Waals surface area (Å²) in [6, 6.07) is 16.5. The van der Waals surface area contributed by atoms with Crippen LogP contribution < -0.4 is 14.8 Å². The summed E-state index contributed by atoms with van der Waals surface area (Å²) in [4.78, 5) is 12.5. The smallest absolute Gasteiger partial charge is 0.266 e. The first-order valence-electron chi connectivity index (χ1n) is 10.6. The minimum atomic E-state index is -0.627. The Morgan fingerprint density at radius 3 is 2.47 bits per heavy atom. The quantitative estimate of drug-likeness (QED) is 0.292. The molecule has 3 aromatic carbocycles. The maximum atomic E-state index is 13.1. The zero-order valence-electron chi connectivity index (χ0n) is 19.1. The van der Waals surface area contributed by atoms with Crippen LogP contribution in [0.4, 0.5) is 10.1 Å². The van der Waals surface area contributed by atoms with Gasteiger partial charge in [-0.05, 0) is 85.5 Å². The number of aryl methyl sites for hydroxylation is 2. The van der Waals surface area contributed by atoms with Crippen molar-refractivity contribution in [3.05, 3.63) is 93.3 Å². The van der Waals surface area contributed by atoms with Gasteiger partial charge in [0.2, 0.25) is 0 Å². The van der Waals surface area contributed by atoms with Gasteiger partial charge in [0.05, 0.1) is 11.6 Å². The number of nitrogens with one attached hydrogen (secondary N) is 1. The van der Waals surface area contributed by atoms with Gasteiger partial charge in [-0.15, -0.1) is 0 Å². The number of halogens is 2. The van der Waals surface area contributed by atoms with Crippen LogP contribution in [-0.2, 0) is 11.4 Å². The Labute approximate surface area is 203 Å². The minimum Gasteiger partial charge on any atom is -0.490 e. The van der Waals surface area contributed by atoms with Crippen LogP contribution in [-0.4, -0.2) is 12.5 Å². The molecular formula is C27H24ClFN2O3. The first-order valence-corrected chi connectivity index (χ1v) is 11.0. The molecule has 7 heteroatoms. The van der Waals surface area contributed by atoms with E-state index in [1.165, 1.54) is 41.5 Å². The molecule has 0 fully saturated rings. The van der Waals surface area contributed by atoms with Gasteiger partial charge in [-0.25, -0.2) is 4.39 Å². The molecule has 0 atom stereocenters. The van der Waals surface area contributed by atoms with Crippen molar-refractivity contribution in [2.45, 2.75) is 27.4 Å². The Hall–Kier alpha value is -3.82. The van der Waals surface area contributed by atoms with E-state index in [0.29, 0.717) is 36.0 Å². The van der Waals surface area contributed by atoms with Crippen LogP contribution in [0.3, 0.4) is 0 Å². The molecular weight excluding hydrogens is 455 g/mol. The lowest BCUT2D eigenvalue weighted by Crippen LogP contribution is -2.13. The van der Waals surface area contributed by atoms with E-state index in [0.717, 1.165) is 5.56 Å². The molecule has 0 heterocycles. The number of carbonyl (C=O) groups is 1. The summed E-state index contributed by atoms with van der Waals surface area (Å²) < 4.78 is 24.8. The third kappa shape index (κ3) is 6.37. The van der Waals surface area contributed by atoms with Crippen LogP contribution in [0.5, 0.6) is 11.5 Å². The molecule has 0 spiro atoms.